The Morgan fingerprint density at radius 1 is 1.16 bits per heavy atom. The highest BCUT2D eigenvalue weighted by Crippen LogP contribution is 2.29. The average molecular weight is 377 g/mol. The van der Waals surface area contributed by atoms with Crippen molar-refractivity contribution in [1.29, 1.82) is 0 Å². The molecule has 0 aliphatic carbocycles. The summed E-state index contributed by atoms with van der Waals surface area (Å²) in [5.41, 5.74) is 10.7. The monoisotopic (exact) mass is 376 g/mol. The Morgan fingerprint density at radius 3 is 2.44 bits per heavy atom. The number of rotatable bonds is 4. The molecule has 6 nitrogen and oxygen atoms in total. The maximum atomic E-state index is 12.6. The maximum absolute atomic E-state index is 12.6. The Hall–Kier alpha value is -2.35. The van der Waals surface area contributed by atoms with Gasteiger partial charge >= 0.3 is 10.2 Å². The van der Waals surface area contributed by atoms with E-state index in [2.05, 4.69) is 4.98 Å². The summed E-state index contributed by atoms with van der Waals surface area (Å²) in [5, 5.41) is 0. The van der Waals surface area contributed by atoms with E-state index in [1.807, 2.05) is 36.4 Å². The average Bonchev–Trinajstić information content (AvgIpc) is 2.92. The number of fused-ring (bicyclic) bond motifs is 1. The van der Waals surface area contributed by atoms with Gasteiger partial charge in [0.2, 0.25) is 5.95 Å². The number of nitrogens with zero attached hydrogens (tertiary/aromatic N) is 3. The van der Waals surface area contributed by atoms with Gasteiger partial charge in [-0.2, -0.15) is 16.7 Å². The Balaban J connectivity index is 2.24. The predicted octanol–water partition coefficient (Wildman–Crippen LogP) is 2.90. The summed E-state index contributed by atoms with van der Waals surface area (Å²) in [4.78, 5) is 4.14. The quantitative estimate of drug-likeness (QED) is 0.759. The van der Waals surface area contributed by atoms with E-state index in [0.29, 0.717) is 11.0 Å². The number of anilines is 1. The molecule has 8 heteroatoms. The molecule has 130 valence electrons. The van der Waals surface area contributed by atoms with Gasteiger partial charge in [-0.1, -0.05) is 48.0 Å². The van der Waals surface area contributed by atoms with Crippen molar-refractivity contribution in [2.24, 2.45) is 0 Å². The van der Waals surface area contributed by atoms with Gasteiger partial charge in [0, 0.05) is 25.2 Å². The lowest BCUT2D eigenvalue weighted by molar-refractivity contribution is 0.513. The van der Waals surface area contributed by atoms with E-state index < -0.39 is 10.2 Å². The SMILES string of the molecule is CN(C)S(=O)(=O)n1c(N)nc2ccc(C(=CCl)c3ccccc3)cc21. The zero-order chi connectivity index (χ0) is 18.2. The minimum Gasteiger partial charge on any atom is -0.368 e. The first-order valence-electron chi connectivity index (χ1n) is 7.43. The molecule has 0 aliphatic heterocycles. The van der Waals surface area contributed by atoms with E-state index in [0.717, 1.165) is 25.0 Å². The number of aromatic nitrogens is 2. The molecule has 1 aromatic heterocycles. The normalized spacial score (nSPS) is 12.9. The minimum atomic E-state index is -3.79. The van der Waals surface area contributed by atoms with Crippen molar-refractivity contribution < 1.29 is 8.42 Å². The van der Waals surface area contributed by atoms with Gasteiger partial charge in [-0.05, 0) is 23.3 Å². The molecular formula is C17H17ClN4O2S. The van der Waals surface area contributed by atoms with Crippen molar-refractivity contribution in [3.05, 3.63) is 65.2 Å². The molecule has 2 aromatic carbocycles. The summed E-state index contributed by atoms with van der Waals surface area (Å²) in [6.45, 7) is 0. The summed E-state index contributed by atoms with van der Waals surface area (Å²) < 4.78 is 27.3. The number of hydrogen-bond donors (Lipinski definition) is 1. The van der Waals surface area contributed by atoms with Crippen LogP contribution in [0.15, 0.2) is 54.1 Å². The summed E-state index contributed by atoms with van der Waals surface area (Å²) in [6, 6.07) is 14.9. The first-order valence-corrected chi connectivity index (χ1v) is 9.27. The van der Waals surface area contributed by atoms with Crippen LogP contribution in [0.1, 0.15) is 11.1 Å². The van der Waals surface area contributed by atoms with Crippen LogP contribution in [0.2, 0.25) is 0 Å². The van der Waals surface area contributed by atoms with E-state index in [-0.39, 0.29) is 5.95 Å². The molecule has 0 bridgehead atoms. The van der Waals surface area contributed by atoms with Gasteiger partial charge in [-0.25, -0.2) is 4.98 Å². The van der Waals surface area contributed by atoms with Crippen molar-refractivity contribution in [3.63, 3.8) is 0 Å². The molecular weight excluding hydrogens is 360 g/mol. The Kier molecular flexibility index (Phi) is 4.55. The Bertz CT molecular complexity index is 1060. The van der Waals surface area contributed by atoms with Crippen LogP contribution in [0, 0.1) is 0 Å². The van der Waals surface area contributed by atoms with Crippen LogP contribution in [-0.2, 0) is 10.2 Å². The van der Waals surface area contributed by atoms with Crippen LogP contribution in [0.3, 0.4) is 0 Å². The van der Waals surface area contributed by atoms with Gasteiger partial charge in [0.25, 0.3) is 0 Å². The van der Waals surface area contributed by atoms with Gasteiger partial charge in [0.15, 0.2) is 0 Å². The van der Waals surface area contributed by atoms with Gasteiger partial charge in [0.05, 0.1) is 11.0 Å². The van der Waals surface area contributed by atoms with Crippen LogP contribution in [0.4, 0.5) is 5.95 Å². The summed E-state index contributed by atoms with van der Waals surface area (Å²) in [6.07, 6.45) is 0. The molecule has 0 amide bonds. The second-order valence-electron chi connectivity index (χ2n) is 5.62. The number of nitrogens with two attached hydrogens (primary N) is 1. The highest BCUT2D eigenvalue weighted by molar-refractivity contribution is 7.87. The Morgan fingerprint density at radius 2 is 1.84 bits per heavy atom. The highest BCUT2D eigenvalue weighted by Gasteiger charge is 2.23. The predicted molar refractivity (Wildman–Crippen MR) is 102 cm³/mol. The fourth-order valence-electron chi connectivity index (χ4n) is 2.56. The molecule has 1 heterocycles. The maximum Gasteiger partial charge on any atom is 0.310 e. The fourth-order valence-corrected chi connectivity index (χ4v) is 3.81. The number of nitrogen functional groups attached to an aromatic ring is 1. The van der Waals surface area contributed by atoms with Crippen LogP contribution in [0.5, 0.6) is 0 Å². The molecule has 0 spiro atoms. The van der Waals surface area contributed by atoms with E-state index in [1.54, 1.807) is 12.1 Å². The Labute approximate surface area is 151 Å². The summed E-state index contributed by atoms with van der Waals surface area (Å²) in [5.74, 6) is -0.0861. The van der Waals surface area contributed by atoms with E-state index in [9.17, 15) is 8.42 Å². The fraction of sp³-hybridized carbons (Fsp3) is 0.118. The third kappa shape index (κ3) is 3.02. The smallest absolute Gasteiger partial charge is 0.310 e. The lowest BCUT2D eigenvalue weighted by atomic mass is 9.99. The zero-order valence-electron chi connectivity index (χ0n) is 13.7. The molecule has 3 rings (SSSR count). The largest absolute Gasteiger partial charge is 0.368 e. The standard InChI is InChI=1S/C17H17ClN4O2S/c1-21(2)25(23,24)22-16-10-13(8-9-15(16)20-17(22)19)14(11-18)12-6-4-3-5-7-12/h3-11H,1-2H3,(H2,19,20). The van der Waals surface area contributed by atoms with Crippen molar-refractivity contribution in [3.8, 4) is 0 Å². The molecule has 0 unspecified atom stereocenters. The molecule has 0 fully saturated rings. The lowest BCUT2D eigenvalue weighted by Gasteiger charge is -2.14. The third-order valence-corrected chi connectivity index (χ3v) is 5.82. The highest BCUT2D eigenvalue weighted by atomic mass is 35.5. The molecule has 0 atom stereocenters. The molecule has 3 aromatic rings. The molecule has 0 saturated heterocycles. The minimum absolute atomic E-state index is 0.0861. The van der Waals surface area contributed by atoms with Crippen molar-refractivity contribution in [2.75, 3.05) is 19.8 Å². The molecule has 0 saturated carbocycles. The van der Waals surface area contributed by atoms with E-state index in [4.69, 9.17) is 17.3 Å². The van der Waals surface area contributed by atoms with Crippen molar-refractivity contribution >= 4 is 44.4 Å². The lowest BCUT2D eigenvalue weighted by Crippen LogP contribution is -2.29. The number of imidazole rings is 1. The zero-order valence-corrected chi connectivity index (χ0v) is 15.3. The van der Waals surface area contributed by atoms with Gasteiger partial charge in [-0.15, -0.1) is 0 Å². The van der Waals surface area contributed by atoms with Crippen LogP contribution < -0.4 is 5.73 Å². The number of hydrogen-bond acceptors (Lipinski definition) is 4. The first-order chi connectivity index (χ1) is 11.9. The van der Waals surface area contributed by atoms with Crippen molar-refractivity contribution in [2.45, 2.75) is 0 Å². The van der Waals surface area contributed by atoms with E-state index >= 15 is 0 Å². The second-order valence-corrected chi connectivity index (χ2v) is 7.83. The van der Waals surface area contributed by atoms with Crippen LogP contribution in [-0.4, -0.2) is 35.8 Å². The molecule has 0 aliphatic rings. The molecule has 2 N–H and O–H groups in total. The summed E-state index contributed by atoms with van der Waals surface area (Å²) >= 11 is 6.04. The third-order valence-electron chi connectivity index (χ3n) is 3.83. The van der Waals surface area contributed by atoms with Crippen LogP contribution >= 0.6 is 11.6 Å². The van der Waals surface area contributed by atoms with Gasteiger partial charge < -0.3 is 5.73 Å². The topological polar surface area (TPSA) is 81.2 Å². The van der Waals surface area contributed by atoms with Crippen molar-refractivity contribution in [1.82, 2.24) is 13.3 Å². The second kappa shape index (κ2) is 6.51. The van der Waals surface area contributed by atoms with Gasteiger partial charge in [0.1, 0.15) is 0 Å². The van der Waals surface area contributed by atoms with E-state index in [1.165, 1.54) is 19.6 Å². The summed E-state index contributed by atoms with van der Waals surface area (Å²) in [7, 11) is -0.909. The first kappa shape index (κ1) is 17.5. The van der Waals surface area contributed by atoms with Crippen LogP contribution in [0.25, 0.3) is 16.6 Å². The molecule has 25 heavy (non-hydrogen) atoms. The molecule has 0 radical (unpaired) electrons. The van der Waals surface area contributed by atoms with Gasteiger partial charge in [-0.3, -0.25) is 0 Å². The number of halogens is 1. The number of benzene rings is 2.